The van der Waals surface area contributed by atoms with Crippen LogP contribution >= 0.6 is 0 Å². The van der Waals surface area contributed by atoms with Crippen molar-refractivity contribution in [2.45, 2.75) is 32.2 Å². The number of aromatic nitrogens is 2. The zero-order valence-corrected chi connectivity index (χ0v) is 12.0. The van der Waals surface area contributed by atoms with Crippen molar-refractivity contribution < 1.29 is 13.9 Å². The van der Waals surface area contributed by atoms with Crippen molar-refractivity contribution >= 4 is 5.97 Å². The number of nitrogens with zero attached hydrogens (tertiary/aromatic N) is 2. The molecule has 0 radical (unpaired) electrons. The average Bonchev–Trinajstić information content (AvgIpc) is 3.24. The average molecular weight is 288 g/mol. The second-order valence-electron chi connectivity index (χ2n) is 5.21. The van der Waals surface area contributed by atoms with Gasteiger partial charge in [-0.15, -0.1) is 0 Å². The number of carbonyl (C=O) groups excluding carboxylic acids is 1. The molecule has 21 heavy (non-hydrogen) atoms. The van der Waals surface area contributed by atoms with Crippen LogP contribution in [0, 0.1) is 6.92 Å². The summed E-state index contributed by atoms with van der Waals surface area (Å²) in [6.45, 7) is 1.93. The minimum atomic E-state index is -0.447. The van der Waals surface area contributed by atoms with Crippen LogP contribution in [0.3, 0.4) is 0 Å². The molecule has 110 valence electrons. The zero-order valence-electron chi connectivity index (χ0n) is 12.0. The highest BCUT2D eigenvalue weighted by molar-refractivity contribution is 5.90. The van der Waals surface area contributed by atoms with Gasteiger partial charge in [0.1, 0.15) is 17.1 Å². The molecule has 0 aliphatic heterocycles. The van der Waals surface area contributed by atoms with Crippen molar-refractivity contribution in [1.82, 2.24) is 9.55 Å². The van der Waals surface area contributed by atoms with Crippen molar-refractivity contribution in [2.75, 3.05) is 7.11 Å². The highest BCUT2D eigenvalue weighted by Gasteiger charge is 2.25. The van der Waals surface area contributed by atoms with Gasteiger partial charge in [-0.05, 0) is 31.9 Å². The third-order valence-corrected chi connectivity index (χ3v) is 3.59. The van der Waals surface area contributed by atoms with Crippen LogP contribution < -0.4 is 5.69 Å². The molecule has 1 fully saturated rings. The van der Waals surface area contributed by atoms with Crippen molar-refractivity contribution in [2.24, 2.45) is 0 Å². The van der Waals surface area contributed by atoms with E-state index in [1.54, 1.807) is 19.2 Å². The molecule has 0 aromatic carbocycles. The Hall–Kier alpha value is -2.37. The van der Waals surface area contributed by atoms with Crippen LogP contribution in [-0.4, -0.2) is 22.6 Å². The molecule has 1 aliphatic rings. The summed E-state index contributed by atoms with van der Waals surface area (Å²) in [5.41, 5.74) is 0.943. The highest BCUT2D eigenvalue weighted by atomic mass is 16.5. The molecule has 2 aromatic rings. The summed E-state index contributed by atoms with van der Waals surface area (Å²) in [5, 5.41) is 0. The first-order valence-electron chi connectivity index (χ1n) is 6.83. The lowest BCUT2D eigenvalue weighted by Gasteiger charge is -2.03. The van der Waals surface area contributed by atoms with Gasteiger partial charge in [-0.2, -0.15) is 4.98 Å². The number of aryl methyl sites for hydroxylation is 1. The van der Waals surface area contributed by atoms with Crippen molar-refractivity contribution in [1.29, 1.82) is 0 Å². The minimum absolute atomic E-state index is 0.245. The smallest absolute Gasteiger partial charge is 0.348 e. The molecule has 2 aromatic heterocycles. The maximum Gasteiger partial charge on any atom is 0.348 e. The Morgan fingerprint density at radius 2 is 2.29 bits per heavy atom. The molecule has 0 amide bonds. The molecule has 0 unspecified atom stereocenters. The highest BCUT2D eigenvalue weighted by Crippen LogP contribution is 2.38. The summed E-state index contributed by atoms with van der Waals surface area (Å²) < 4.78 is 11.6. The van der Waals surface area contributed by atoms with Gasteiger partial charge in [-0.1, -0.05) is 0 Å². The molecule has 3 rings (SSSR count). The lowest BCUT2D eigenvalue weighted by molar-refractivity contribution is 0.0599. The van der Waals surface area contributed by atoms with Gasteiger partial charge in [-0.3, -0.25) is 4.57 Å². The lowest BCUT2D eigenvalue weighted by Crippen LogP contribution is -2.23. The molecule has 0 bridgehead atoms. The molecule has 6 heteroatoms. The van der Waals surface area contributed by atoms with E-state index in [-0.39, 0.29) is 12.2 Å². The first kappa shape index (κ1) is 13.6. The first-order chi connectivity index (χ1) is 10.1. The fourth-order valence-electron chi connectivity index (χ4n) is 2.27. The summed E-state index contributed by atoms with van der Waals surface area (Å²) in [6.07, 6.45) is 3.94. The fourth-order valence-corrected chi connectivity index (χ4v) is 2.27. The van der Waals surface area contributed by atoms with E-state index in [0.717, 1.165) is 18.5 Å². The Balaban J connectivity index is 1.83. The van der Waals surface area contributed by atoms with E-state index in [4.69, 9.17) is 4.42 Å². The van der Waals surface area contributed by atoms with Crippen LogP contribution in [-0.2, 0) is 11.3 Å². The van der Waals surface area contributed by atoms with E-state index < -0.39 is 5.97 Å². The summed E-state index contributed by atoms with van der Waals surface area (Å²) in [7, 11) is 1.32. The second kappa shape index (κ2) is 5.20. The lowest BCUT2D eigenvalue weighted by atomic mass is 10.2. The monoisotopic (exact) mass is 288 g/mol. The molecule has 6 nitrogen and oxygen atoms in total. The third-order valence-electron chi connectivity index (χ3n) is 3.59. The van der Waals surface area contributed by atoms with Gasteiger partial charge in [0.05, 0.1) is 19.3 Å². The number of hydrogen-bond acceptors (Lipinski definition) is 5. The van der Waals surface area contributed by atoms with Gasteiger partial charge in [0.2, 0.25) is 0 Å². The number of hydrogen-bond donors (Lipinski definition) is 0. The number of rotatable bonds is 4. The maximum atomic E-state index is 12.0. The Labute approximate surface area is 121 Å². The molecular weight excluding hydrogens is 272 g/mol. The molecule has 1 aliphatic carbocycles. The SMILES string of the molecule is COC(=O)c1cc(Cn2ccc(C3CC3)nc2=O)oc1C. The molecule has 0 atom stereocenters. The van der Waals surface area contributed by atoms with E-state index in [1.807, 2.05) is 6.07 Å². The second-order valence-corrected chi connectivity index (χ2v) is 5.21. The third kappa shape index (κ3) is 2.74. The Morgan fingerprint density at radius 1 is 1.52 bits per heavy atom. The molecule has 2 heterocycles. The quantitative estimate of drug-likeness (QED) is 0.803. The van der Waals surface area contributed by atoms with Gasteiger partial charge >= 0.3 is 11.7 Å². The Kier molecular flexibility index (Phi) is 3.37. The number of esters is 1. The first-order valence-corrected chi connectivity index (χ1v) is 6.83. The Bertz CT molecular complexity index is 740. The van der Waals surface area contributed by atoms with E-state index in [0.29, 0.717) is 23.0 Å². The molecule has 1 saturated carbocycles. The number of furan rings is 1. The summed E-state index contributed by atoms with van der Waals surface area (Å²) in [4.78, 5) is 27.6. The van der Waals surface area contributed by atoms with Crippen LogP contribution in [0.25, 0.3) is 0 Å². The van der Waals surface area contributed by atoms with Gasteiger partial charge in [0.15, 0.2) is 0 Å². The molecule has 0 N–H and O–H groups in total. The topological polar surface area (TPSA) is 74.3 Å². The summed E-state index contributed by atoms with van der Waals surface area (Å²) in [6, 6.07) is 3.47. The molecular formula is C15H16N2O4. The van der Waals surface area contributed by atoms with E-state index in [9.17, 15) is 9.59 Å². The van der Waals surface area contributed by atoms with Crippen molar-refractivity contribution in [3.8, 4) is 0 Å². The minimum Gasteiger partial charge on any atom is -0.465 e. The van der Waals surface area contributed by atoms with E-state index in [1.165, 1.54) is 11.7 Å². The predicted octanol–water partition coefficient (Wildman–Crippen LogP) is 1.86. The van der Waals surface area contributed by atoms with Crippen molar-refractivity contribution in [3.05, 3.63) is 51.6 Å². The van der Waals surface area contributed by atoms with Gasteiger partial charge in [-0.25, -0.2) is 9.59 Å². The van der Waals surface area contributed by atoms with Gasteiger partial charge in [0, 0.05) is 12.1 Å². The van der Waals surface area contributed by atoms with E-state index in [2.05, 4.69) is 9.72 Å². The summed E-state index contributed by atoms with van der Waals surface area (Å²) >= 11 is 0. The normalized spacial score (nSPS) is 14.2. The largest absolute Gasteiger partial charge is 0.465 e. The standard InChI is InChI=1S/C15H16N2O4/c1-9-12(14(18)20-2)7-11(21-9)8-17-6-5-13(10-3-4-10)16-15(17)19/h5-7,10H,3-4,8H2,1-2H3. The number of carbonyl (C=O) groups is 1. The fraction of sp³-hybridized carbons (Fsp3) is 0.400. The van der Waals surface area contributed by atoms with Crippen LogP contribution in [0.15, 0.2) is 27.5 Å². The summed E-state index contributed by atoms with van der Waals surface area (Å²) in [5.74, 6) is 1.00. The van der Waals surface area contributed by atoms with Crippen LogP contribution in [0.2, 0.25) is 0 Å². The maximum absolute atomic E-state index is 12.0. The van der Waals surface area contributed by atoms with Crippen molar-refractivity contribution in [3.63, 3.8) is 0 Å². The van der Waals surface area contributed by atoms with Crippen LogP contribution in [0.4, 0.5) is 0 Å². The molecule has 0 spiro atoms. The molecule has 0 saturated heterocycles. The van der Waals surface area contributed by atoms with Gasteiger partial charge < -0.3 is 9.15 Å². The Morgan fingerprint density at radius 3 is 2.90 bits per heavy atom. The van der Waals surface area contributed by atoms with E-state index >= 15 is 0 Å². The number of methoxy groups -OCH3 is 1. The van der Waals surface area contributed by atoms with Crippen LogP contribution in [0.5, 0.6) is 0 Å². The predicted molar refractivity (Wildman–Crippen MR) is 74.4 cm³/mol. The number of ether oxygens (including phenoxy) is 1. The van der Waals surface area contributed by atoms with Gasteiger partial charge in [0.25, 0.3) is 0 Å². The van der Waals surface area contributed by atoms with Crippen LogP contribution in [0.1, 0.15) is 46.3 Å². The zero-order chi connectivity index (χ0) is 15.0.